The normalized spacial score (nSPS) is 18.6. The molecule has 9 nitrogen and oxygen atoms in total. The maximum absolute atomic E-state index is 4.30. The standard InChI is InChI=1S/C37H37N9/c1-2-5-24(4-1)25-7-11-27(12-8-25)34(29-15-19-31(20-16-29)36-39-43-44-40-36)35(28-13-9-26(10-14-28)33-6-3-23-38-33)30-17-21-32(22-18-30)37-41-45-46-42-37/h7-22,24,33,38,45-46H,1-6,23H2,(H,41,42)(H,39,40,43,44)/b35-34-. The molecule has 4 aromatic carbocycles. The Hall–Kier alpha value is -5.12. The van der Waals surface area contributed by atoms with E-state index < -0.39 is 0 Å². The number of nitrogens with one attached hydrogen (secondary N) is 5. The number of nitrogens with zero attached hydrogens (tertiary/aromatic N) is 4. The highest BCUT2D eigenvalue weighted by molar-refractivity contribution is 6.05. The largest absolute Gasteiger partial charge is 0.310 e. The van der Waals surface area contributed by atoms with Crippen molar-refractivity contribution in [1.82, 2.24) is 42.4 Å². The number of rotatable bonds is 8. The van der Waals surface area contributed by atoms with Gasteiger partial charge in [0.05, 0.1) is 0 Å². The molecule has 1 saturated carbocycles. The highest BCUT2D eigenvalue weighted by Crippen LogP contribution is 2.40. The minimum atomic E-state index is 0.419. The average Bonchev–Trinajstić information content (AvgIpc) is 3.96. The van der Waals surface area contributed by atoms with E-state index in [4.69, 9.17) is 0 Å². The Morgan fingerprint density at radius 3 is 1.72 bits per heavy atom. The lowest BCUT2D eigenvalue weighted by Gasteiger charge is -2.20. The summed E-state index contributed by atoms with van der Waals surface area (Å²) in [5.74, 6) is 2.00. The van der Waals surface area contributed by atoms with E-state index in [1.54, 1.807) is 0 Å². The molecular formula is C37H37N9. The van der Waals surface area contributed by atoms with Crippen molar-refractivity contribution in [2.75, 3.05) is 6.54 Å². The fraction of sp³-hybridized carbons (Fsp3) is 0.243. The number of aromatic amines is 1. The van der Waals surface area contributed by atoms with Gasteiger partial charge < -0.3 is 5.32 Å². The van der Waals surface area contributed by atoms with Gasteiger partial charge in [0.25, 0.3) is 0 Å². The Bertz CT molecular complexity index is 1830. The molecule has 46 heavy (non-hydrogen) atoms. The van der Waals surface area contributed by atoms with E-state index in [0.717, 1.165) is 34.6 Å². The third kappa shape index (κ3) is 5.71. The van der Waals surface area contributed by atoms with Crippen molar-refractivity contribution in [3.05, 3.63) is 136 Å². The Morgan fingerprint density at radius 2 is 1.20 bits per heavy atom. The highest BCUT2D eigenvalue weighted by atomic mass is 15.8. The van der Waals surface area contributed by atoms with Crippen LogP contribution in [0.3, 0.4) is 0 Å². The van der Waals surface area contributed by atoms with Crippen LogP contribution in [0.4, 0.5) is 0 Å². The number of benzene rings is 4. The van der Waals surface area contributed by atoms with Crippen LogP contribution in [-0.4, -0.2) is 33.0 Å². The van der Waals surface area contributed by atoms with Crippen molar-refractivity contribution in [3.63, 3.8) is 0 Å². The summed E-state index contributed by atoms with van der Waals surface area (Å²) in [6.07, 6.45) is 7.61. The van der Waals surface area contributed by atoms with E-state index in [9.17, 15) is 0 Å². The van der Waals surface area contributed by atoms with E-state index in [2.05, 4.69) is 145 Å². The number of hydrazone groups is 1. The van der Waals surface area contributed by atoms with E-state index in [-0.39, 0.29) is 0 Å². The molecule has 0 radical (unpaired) electrons. The third-order valence-corrected chi connectivity index (χ3v) is 9.57. The summed E-state index contributed by atoms with van der Waals surface area (Å²) in [7, 11) is 0. The predicted octanol–water partition coefficient (Wildman–Crippen LogP) is 6.23. The Morgan fingerprint density at radius 1 is 0.609 bits per heavy atom. The lowest BCUT2D eigenvalue weighted by molar-refractivity contribution is 0.577. The van der Waals surface area contributed by atoms with Crippen LogP contribution in [0.5, 0.6) is 0 Å². The van der Waals surface area contributed by atoms with Crippen LogP contribution >= 0.6 is 0 Å². The number of tetrazole rings is 1. The number of hydrazine groups is 2. The maximum atomic E-state index is 4.30. The highest BCUT2D eigenvalue weighted by Gasteiger charge is 2.21. The average molecular weight is 608 g/mol. The zero-order valence-corrected chi connectivity index (χ0v) is 25.6. The Balaban J connectivity index is 1.29. The van der Waals surface area contributed by atoms with Crippen LogP contribution in [0.2, 0.25) is 0 Å². The van der Waals surface area contributed by atoms with Gasteiger partial charge >= 0.3 is 0 Å². The monoisotopic (exact) mass is 607 g/mol. The summed E-state index contributed by atoms with van der Waals surface area (Å²) < 4.78 is 0. The zero-order valence-electron chi connectivity index (χ0n) is 25.6. The molecule has 8 rings (SSSR count). The lowest BCUT2D eigenvalue weighted by atomic mass is 9.84. The second-order valence-corrected chi connectivity index (χ2v) is 12.3. The van der Waals surface area contributed by atoms with Crippen LogP contribution in [0.15, 0.2) is 102 Å². The van der Waals surface area contributed by atoms with Crippen LogP contribution < -0.4 is 21.8 Å². The molecular weight excluding hydrogens is 570 g/mol. The van der Waals surface area contributed by atoms with Gasteiger partial charge in [-0.3, -0.25) is 5.43 Å². The smallest absolute Gasteiger partial charge is 0.204 e. The van der Waals surface area contributed by atoms with Gasteiger partial charge in [-0.05, 0) is 87.9 Å². The van der Waals surface area contributed by atoms with Crippen molar-refractivity contribution in [2.24, 2.45) is 5.10 Å². The third-order valence-electron chi connectivity index (χ3n) is 9.57. The minimum absolute atomic E-state index is 0.419. The molecule has 9 heteroatoms. The Kier molecular flexibility index (Phi) is 7.83. The topological polar surface area (TPSA) is 115 Å². The van der Waals surface area contributed by atoms with Crippen molar-refractivity contribution in [2.45, 2.75) is 50.5 Å². The Labute approximate surface area is 268 Å². The molecule has 1 atom stereocenters. The van der Waals surface area contributed by atoms with Crippen LogP contribution in [0.25, 0.3) is 22.5 Å². The van der Waals surface area contributed by atoms with Crippen molar-refractivity contribution in [1.29, 1.82) is 0 Å². The quantitative estimate of drug-likeness (QED) is 0.133. The van der Waals surface area contributed by atoms with E-state index in [1.165, 1.54) is 71.9 Å². The van der Waals surface area contributed by atoms with Gasteiger partial charge in [-0.25, -0.2) is 5.53 Å². The first-order chi connectivity index (χ1) is 22.8. The first-order valence-electron chi connectivity index (χ1n) is 16.3. The summed E-state index contributed by atoms with van der Waals surface area (Å²) in [5.41, 5.74) is 20.3. The van der Waals surface area contributed by atoms with Gasteiger partial charge in [0.1, 0.15) is 0 Å². The first-order valence-corrected chi connectivity index (χ1v) is 16.3. The van der Waals surface area contributed by atoms with Gasteiger partial charge in [-0.1, -0.05) is 110 Å². The molecule has 3 heterocycles. The molecule has 0 amide bonds. The second kappa shape index (κ2) is 12.7. The molecule has 2 fully saturated rings. The van der Waals surface area contributed by atoms with Gasteiger partial charge in [0.2, 0.25) is 5.82 Å². The molecule has 1 aliphatic carbocycles. The fourth-order valence-corrected chi connectivity index (χ4v) is 7.14. The van der Waals surface area contributed by atoms with Gasteiger partial charge in [-0.2, -0.15) is 5.21 Å². The van der Waals surface area contributed by atoms with E-state index in [0.29, 0.717) is 17.8 Å². The summed E-state index contributed by atoms with van der Waals surface area (Å²) >= 11 is 0. The lowest BCUT2D eigenvalue weighted by Crippen LogP contribution is -2.35. The summed E-state index contributed by atoms with van der Waals surface area (Å²) in [5, 5.41) is 22.6. The molecule has 1 unspecified atom stereocenters. The van der Waals surface area contributed by atoms with E-state index >= 15 is 0 Å². The molecule has 0 spiro atoms. The van der Waals surface area contributed by atoms with Crippen molar-refractivity contribution < 1.29 is 0 Å². The molecule has 5 aromatic rings. The van der Waals surface area contributed by atoms with Gasteiger partial charge in [0.15, 0.2) is 5.84 Å². The molecule has 5 N–H and O–H groups in total. The molecule has 2 aliphatic heterocycles. The number of hydrogen-bond donors (Lipinski definition) is 5. The number of hydrogen-bond acceptors (Lipinski definition) is 8. The molecule has 1 saturated heterocycles. The predicted molar refractivity (Wildman–Crippen MR) is 181 cm³/mol. The van der Waals surface area contributed by atoms with Crippen LogP contribution in [-0.2, 0) is 0 Å². The molecule has 0 bridgehead atoms. The van der Waals surface area contributed by atoms with Crippen molar-refractivity contribution in [3.8, 4) is 11.4 Å². The molecule has 230 valence electrons. The van der Waals surface area contributed by atoms with E-state index in [1.807, 2.05) is 0 Å². The SMILES string of the molecule is c1cc(/C(=C(\c2ccc(-c3nn[nH]n3)cc2)c2ccc(C3CCCC3)cc2)c2ccc(C3CCCN3)cc2)ccc1C1=NNNN1. The van der Waals surface area contributed by atoms with Gasteiger partial charge in [0, 0.05) is 17.2 Å². The molecule has 3 aliphatic rings. The number of aromatic nitrogens is 4. The fourth-order valence-electron chi connectivity index (χ4n) is 7.14. The van der Waals surface area contributed by atoms with Crippen LogP contribution in [0, 0.1) is 0 Å². The molecule has 1 aromatic heterocycles. The minimum Gasteiger partial charge on any atom is -0.310 e. The maximum Gasteiger partial charge on any atom is 0.204 e. The zero-order chi connectivity index (χ0) is 30.7. The second-order valence-electron chi connectivity index (χ2n) is 12.3. The summed E-state index contributed by atoms with van der Waals surface area (Å²) in [4.78, 5) is 0. The van der Waals surface area contributed by atoms with Gasteiger partial charge in [-0.15, -0.1) is 20.8 Å². The number of amidine groups is 1. The number of H-pyrrole nitrogens is 1. The van der Waals surface area contributed by atoms with Crippen LogP contribution in [0.1, 0.15) is 89.4 Å². The van der Waals surface area contributed by atoms with Crippen molar-refractivity contribution >= 4 is 17.0 Å². The summed E-state index contributed by atoms with van der Waals surface area (Å²) in [6.45, 7) is 1.08. The first kappa shape index (κ1) is 28.4. The summed E-state index contributed by atoms with van der Waals surface area (Å²) in [6, 6.07) is 36.0.